The third kappa shape index (κ3) is 5.81. The molecule has 0 fully saturated rings. The number of nitrogens with zero attached hydrogens (tertiary/aromatic N) is 1. The van der Waals surface area contributed by atoms with Crippen LogP contribution in [-0.2, 0) is 9.59 Å². The van der Waals surface area contributed by atoms with E-state index in [1.807, 2.05) is 44.2 Å². The van der Waals surface area contributed by atoms with Gasteiger partial charge in [-0.05, 0) is 54.2 Å². The van der Waals surface area contributed by atoms with Gasteiger partial charge < -0.3 is 10.2 Å². The van der Waals surface area contributed by atoms with Crippen LogP contribution in [0, 0.1) is 13.8 Å². The van der Waals surface area contributed by atoms with Crippen molar-refractivity contribution in [2.75, 3.05) is 18.9 Å². The molecular weight excluding hydrogens is 336 g/mol. The molecule has 0 saturated heterocycles. The highest BCUT2D eigenvalue weighted by atomic mass is 16.2. The van der Waals surface area contributed by atoms with Crippen LogP contribution < -0.4 is 5.32 Å². The van der Waals surface area contributed by atoms with Crippen LogP contribution in [0.1, 0.15) is 42.0 Å². The van der Waals surface area contributed by atoms with Gasteiger partial charge in [-0.15, -0.1) is 0 Å². The summed E-state index contributed by atoms with van der Waals surface area (Å²) in [6.45, 7) is 8.26. The Morgan fingerprint density at radius 1 is 1.07 bits per heavy atom. The van der Waals surface area contributed by atoms with Crippen molar-refractivity contribution in [3.63, 3.8) is 0 Å². The summed E-state index contributed by atoms with van der Waals surface area (Å²) in [4.78, 5) is 25.9. The first-order chi connectivity index (χ1) is 12.8. The SMILES string of the molecule is Cc1cccc(NC(=O)CN(C)C(=O)/C=C/c2ccc(C(C)C)cc2)c1C. The number of anilines is 1. The summed E-state index contributed by atoms with van der Waals surface area (Å²) in [7, 11) is 1.62. The molecule has 2 aromatic rings. The molecular formula is C23H28N2O2. The quantitative estimate of drug-likeness (QED) is 0.765. The van der Waals surface area contributed by atoms with E-state index in [0.29, 0.717) is 5.92 Å². The average molecular weight is 364 g/mol. The van der Waals surface area contributed by atoms with Crippen molar-refractivity contribution in [2.45, 2.75) is 33.6 Å². The minimum atomic E-state index is -0.214. The Morgan fingerprint density at radius 2 is 1.74 bits per heavy atom. The molecule has 0 saturated carbocycles. The Kier molecular flexibility index (Phi) is 6.94. The van der Waals surface area contributed by atoms with E-state index in [0.717, 1.165) is 22.4 Å². The van der Waals surface area contributed by atoms with Gasteiger partial charge in [-0.1, -0.05) is 50.2 Å². The second-order valence-electron chi connectivity index (χ2n) is 7.14. The van der Waals surface area contributed by atoms with E-state index in [1.165, 1.54) is 16.5 Å². The number of nitrogens with one attached hydrogen (secondary N) is 1. The normalized spacial score (nSPS) is 11.0. The van der Waals surface area contributed by atoms with Crippen LogP contribution in [0.15, 0.2) is 48.5 Å². The summed E-state index contributed by atoms with van der Waals surface area (Å²) in [6.07, 6.45) is 3.27. The number of carbonyl (C=O) groups excluding carboxylic acids is 2. The number of hydrogen-bond donors (Lipinski definition) is 1. The van der Waals surface area contributed by atoms with Gasteiger partial charge >= 0.3 is 0 Å². The molecule has 0 aliphatic rings. The molecule has 27 heavy (non-hydrogen) atoms. The van der Waals surface area contributed by atoms with Gasteiger partial charge in [0, 0.05) is 18.8 Å². The molecule has 4 nitrogen and oxygen atoms in total. The van der Waals surface area contributed by atoms with Gasteiger partial charge in [0.15, 0.2) is 0 Å². The molecule has 2 amide bonds. The monoisotopic (exact) mass is 364 g/mol. The maximum absolute atomic E-state index is 12.3. The zero-order valence-corrected chi connectivity index (χ0v) is 16.7. The van der Waals surface area contributed by atoms with Crippen molar-refractivity contribution in [1.29, 1.82) is 0 Å². The van der Waals surface area contributed by atoms with Gasteiger partial charge in [0.25, 0.3) is 0 Å². The minimum Gasteiger partial charge on any atom is -0.333 e. The van der Waals surface area contributed by atoms with Gasteiger partial charge in [-0.25, -0.2) is 0 Å². The van der Waals surface area contributed by atoms with Gasteiger partial charge in [-0.3, -0.25) is 9.59 Å². The number of benzene rings is 2. The van der Waals surface area contributed by atoms with Gasteiger partial charge in [0.2, 0.25) is 11.8 Å². The molecule has 2 rings (SSSR count). The van der Waals surface area contributed by atoms with Crippen LogP contribution in [0.3, 0.4) is 0 Å². The van der Waals surface area contributed by atoms with Crippen molar-refractivity contribution in [3.05, 3.63) is 70.8 Å². The highest BCUT2D eigenvalue weighted by Gasteiger charge is 2.12. The third-order valence-corrected chi connectivity index (χ3v) is 4.66. The van der Waals surface area contributed by atoms with Crippen LogP contribution in [0.5, 0.6) is 0 Å². The van der Waals surface area contributed by atoms with Gasteiger partial charge in [0.05, 0.1) is 6.54 Å². The Morgan fingerprint density at radius 3 is 2.37 bits per heavy atom. The van der Waals surface area contributed by atoms with Gasteiger partial charge in [0.1, 0.15) is 0 Å². The number of aryl methyl sites for hydroxylation is 1. The Hall–Kier alpha value is -2.88. The van der Waals surface area contributed by atoms with Crippen LogP contribution in [-0.4, -0.2) is 30.3 Å². The lowest BCUT2D eigenvalue weighted by Gasteiger charge is -2.16. The Labute approximate surface area is 161 Å². The van der Waals surface area contributed by atoms with Crippen LogP contribution in [0.4, 0.5) is 5.69 Å². The molecule has 0 aromatic heterocycles. The summed E-state index contributed by atoms with van der Waals surface area (Å²) < 4.78 is 0. The molecule has 2 aromatic carbocycles. The number of rotatable bonds is 6. The van der Waals surface area contributed by atoms with Crippen LogP contribution in [0.2, 0.25) is 0 Å². The zero-order chi connectivity index (χ0) is 20.0. The molecule has 0 heterocycles. The van der Waals surface area contributed by atoms with Gasteiger partial charge in [-0.2, -0.15) is 0 Å². The first-order valence-corrected chi connectivity index (χ1v) is 9.17. The lowest BCUT2D eigenvalue weighted by Crippen LogP contribution is -2.34. The van der Waals surface area contributed by atoms with E-state index in [-0.39, 0.29) is 18.4 Å². The summed E-state index contributed by atoms with van der Waals surface area (Å²) >= 11 is 0. The number of amides is 2. The van der Waals surface area contributed by atoms with Crippen molar-refractivity contribution < 1.29 is 9.59 Å². The largest absolute Gasteiger partial charge is 0.333 e. The van der Waals surface area contributed by atoms with E-state index < -0.39 is 0 Å². The molecule has 0 aliphatic heterocycles. The predicted molar refractivity (Wildman–Crippen MR) is 112 cm³/mol. The van der Waals surface area contributed by atoms with E-state index in [9.17, 15) is 9.59 Å². The minimum absolute atomic E-state index is 0.00282. The second kappa shape index (κ2) is 9.17. The average Bonchev–Trinajstić information content (AvgIpc) is 2.63. The fourth-order valence-corrected chi connectivity index (χ4v) is 2.66. The predicted octanol–water partition coefficient (Wildman–Crippen LogP) is 4.54. The molecule has 0 spiro atoms. The van der Waals surface area contributed by atoms with E-state index in [4.69, 9.17) is 0 Å². The maximum Gasteiger partial charge on any atom is 0.246 e. The first kappa shape index (κ1) is 20.4. The van der Waals surface area contributed by atoms with E-state index >= 15 is 0 Å². The molecule has 0 radical (unpaired) electrons. The third-order valence-electron chi connectivity index (χ3n) is 4.66. The van der Waals surface area contributed by atoms with E-state index in [1.54, 1.807) is 13.1 Å². The zero-order valence-electron chi connectivity index (χ0n) is 16.7. The highest BCUT2D eigenvalue weighted by molar-refractivity contribution is 5.98. The van der Waals surface area contributed by atoms with Crippen LogP contribution in [0.25, 0.3) is 6.08 Å². The lowest BCUT2D eigenvalue weighted by atomic mass is 10.0. The number of carbonyl (C=O) groups is 2. The fraction of sp³-hybridized carbons (Fsp3) is 0.304. The fourth-order valence-electron chi connectivity index (χ4n) is 2.66. The maximum atomic E-state index is 12.3. The Bertz CT molecular complexity index is 836. The Balaban J connectivity index is 1.92. The molecule has 0 atom stereocenters. The van der Waals surface area contributed by atoms with Crippen molar-refractivity contribution in [2.24, 2.45) is 0 Å². The topological polar surface area (TPSA) is 49.4 Å². The molecule has 4 heteroatoms. The van der Waals surface area contributed by atoms with Crippen molar-refractivity contribution in [3.8, 4) is 0 Å². The number of hydrogen-bond acceptors (Lipinski definition) is 2. The first-order valence-electron chi connectivity index (χ1n) is 9.17. The number of likely N-dealkylation sites (N-methyl/N-ethyl adjacent to an activating group) is 1. The van der Waals surface area contributed by atoms with E-state index in [2.05, 4.69) is 31.3 Å². The smallest absolute Gasteiger partial charge is 0.246 e. The highest BCUT2D eigenvalue weighted by Crippen LogP contribution is 2.18. The molecule has 142 valence electrons. The summed E-state index contributed by atoms with van der Waals surface area (Å²) in [5.41, 5.74) is 5.15. The molecule has 0 bridgehead atoms. The second-order valence-corrected chi connectivity index (χ2v) is 7.14. The molecule has 0 unspecified atom stereocenters. The lowest BCUT2D eigenvalue weighted by molar-refractivity contribution is -0.129. The summed E-state index contributed by atoms with van der Waals surface area (Å²) in [5.74, 6) is 0.0552. The van der Waals surface area contributed by atoms with Crippen LogP contribution >= 0.6 is 0 Å². The van der Waals surface area contributed by atoms with Crippen molar-refractivity contribution >= 4 is 23.6 Å². The summed E-state index contributed by atoms with van der Waals surface area (Å²) in [5, 5.41) is 2.87. The molecule has 1 N–H and O–H groups in total. The standard InChI is InChI=1S/C23H28N2O2/c1-16(2)20-12-9-19(10-13-20)11-14-23(27)25(5)15-22(26)24-21-8-6-7-17(3)18(21)4/h6-14,16H,15H2,1-5H3,(H,24,26)/b14-11+. The van der Waals surface area contributed by atoms with Crippen molar-refractivity contribution in [1.82, 2.24) is 4.90 Å². The molecule has 0 aliphatic carbocycles. The summed E-state index contributed by atoms with van der Waals surface area (Å²) in [6, 6.07) is 13.9.